The van der Waals surface area contributed by atoms with Crippen LogP contribution in [0.5, 0.6) is 17.5 Å². The number of benzene rings is 2. The molecule has 0 saturated heterocycles. The molecule has 40 heavy (non-hydrogen) atoms. The fraction of sp³-hybridized carbons (Fsp3) is 0.250. The third-order valence-corrected chi connectivity index (χ3v) is 7.58. The molecule has 1 fully saturated rings. The van der Waals surface area contributed by atoms with Crippen LogP contribution in [0.3, 0.4) is 0 Å². The largest absolute Gasteiger partial charge is 0.483 e. The van der Waals surface area contributed by atoms with E-state index in [0.717, 1.165) is 15.8 Å². The first-order chi connectivity index (χ1) is 19.4. The van der Waals surface area contributed by atoms with Crippen molar-refractivity contribution in [2.45, 2.75) is 32.0 Å². The lowest BCUT2D eigenvalue weighted by Crippen LogP contribution is -2.45. The van der Waals surface area contributed by atoms with Crippen molar-refractivity contribution in [1.29, 1.82) is 0 Å². The van der Waals surface area contributed by atoms with Crippen LogP contribution in [0.1, 0.15) is 18.4 Å². The number of methoxy groups -OCH3 is 2. The highest BCUT2D eigenvalue weighted by Gasteiger charge is 2.37. The van der Waals surface area contributed by atoms with Crippen molar-refractivity contribution in [3.8, 4) is 28.1 Å². The summed E-state index contributed by atoms with van der Waals surface area (Å²) < 4.78 is 37.5. The molecule has 2 aromatic carbocycles. The van der Waals surface area contributed by atoms with Crippen LogP contribution in [-0.2, 0) is 4.74 Å². The van der Waals surface area contributed by atoms with Crippen molar-refractivity contribution >= 4 is 44.4 Å². The number of aryl methyl sites for hydroxylation is 1. The Morgan fingerprint density at radius 1 is 0.975 bits per heavy atom. The maximum absolute atomic E-state index is 15.1. The van der Waals surface area contributed by atoms with Crippen molar-refractivity contribution in [3.63, 3.8) is 0 Å². The third kappa shape index (κ3) is 5.05. The number of nitrogens with one attached hydrogen (secondary N) is 1. The second-order valence-corrected chi connectivity index (χ2v) is 10.3. The number of ether oxygens (including phenoxy) is 4. The zero-order chi connectivity index (χ0) is 27.8. The van der Waals surface area contributed by atoms with Crippen molar-refractivity contribution in [3.05, 3.63) is 60.2 Å². The summed E-state index contributed by atoms with van der Waals surface area (Å²) in [6.45, 7) is 1.97. The molecule has 6 rings (SSSR count). The Labute approximate surface area is 232 Å². The molecule has 3 heterocycles. The molecule has 2 atom stereocenters. The fourth-order valence-electron chi connectivity index (χ4n) is 4.38. The molecule has 1 N–H and O–H groups in total. The molecule has 10 nitrogen and oxygen atoms in total. The first-order valence-corrected chi connectivity index (χ1v) is 13.3. The predicted molar refractivity (Wildman–Crippen MR) is 148 cm³/mol. The number of hydrogen-bond acceptors (Lipinski definition) is 10. The van der Waals surface area contributed by atoms with Gasteiger partial charge in [-0.25, -0.2) is 29.1 Å². The summed E-state index contributed by atoms with van der Waals surface area (Å²) in [4.78, 5) is 30.1. The number of anilines is 1. The molecule has 0 radical (unpaired) electrons. The fourth-order valence-corrected chi connectivity index (χ4v) is 5.37. The van der Waals surface area contributed by atoms with Crippen LogP contribution in [0.15, 0.2) is 48.8 Å². The lowest BCUT2D eigenvalue weighted by atomic mass is 9.92. The average Bonchev–Trinajstić information content (AvgIpc) is 3.36. The third-order valence-electron chi connectivity index (χ3n) is 6.53. The van der Waals surface area contributed by atoms with Gasteiger partial charge in [-0.05, 0) is 43.5 Å². The van der Waals surface area contributed by atoms with Gasteiger partial charge in [-0.1, -0.05) is 0 Å². The number of nitrogens with zero attached hydrogens (tertiary/aromatic N) is 4. The Morgan fingerprint density at radius 3 is 2.52 bits per heavy atom. The van der Waals surface area contributed by atoms with Gasteiger partial charge >= 0.3 is 6.09 Å². The van der Waals surface area contributed by atoms with E-state index < -0.39 is 24.1 Å². The number of carbonyl (C=O) groups excluding carboxylic acids is 1. The maximum atomic E-state index is 15.1. The molecular weight excluding hydrogens is 537 g/mol. The molecule has 0 spiro atoms. The van der Waals surface area contributed by atoms with Crippen LogP contribution < -0.4 is 19.5 Å². The first-order valence-electron chi connectivity index (χ1n) is 12.5. The minimum atomic E-state index is -0.639. The van der Waals surface area contributed by atoms with E-state index in [1.165, 1.54) is 30.7 Å². The summed E-state index contributed by atoms with van der Waals surface area (Å²) in [6, 6.07) is 10.2. The van der Waals surface area contributed by atoms with E-state index >= 15 is 4.39 Å². The zero-order valence-corrected chi connectivity index (χ0v) is 22.6. The number of aromatic nitrogens is 4. The lowest BCUT2D eigenvalue weighted by molar-refractivity contribution is -0.0431. The Morgan fingerprint density at radius 2 is 1.80 bits per heavy atom. The van der Waals surface area contributed by atoms with E-state index in [9.17, 15) is 4.79 Å². The number of rotatable bonds is 7. The Kier molecular flexibility index (Phi) is 6.76. The van der Waals surface area contributed by atoms with Crippen molar-refractivity contribution < 1.29 is 28.1 Å². The summed E-state index contributed by atoms with van der Waals surface area (Å²) in [5.41, 5.74) is 4.14. The van der Waals surface area contributed by atoms with Gasteiger partial charge in [0.25, 0.3) is 0 Å². The van der Waals surface area contributed by atoms with E-state index in [1.807, 2.05) is 19.1 Å². The molecule has 1 aliphatic carbocycles. The summed E-state index contributed by atoms with van der Waals surface area (Å²) in [5, 5.41) is 3.31. The smallest absolute Gasteiger partial charge is 0.412 e. The van der Waals surface area contributed by atoms with Gasteiger partial charge in [0.05, 0.1) is 53.6 Å². The minimum Gasteiger partial charge on any atom is -0.483 e. The summed E-state index contributed by atoms with van der Waals surface area (Å²) in [7, 11) is 3.05. The summed E-state index contributed by atoms with van der Waals surface area (Å²) in [6.07, 6.45) is 2.65. The van der Waals surface area contributed by atoms with Gasteiger partial charge in [-0.3, -0.25) is 5.32 Å². The van der Waals surface area contributed by atoms with Gasteiger partial charge in [-0.2, -0.15) is 0 Å². The Bertz CT molecular complexity index is 1730. The van der Waals surface area contributed by atoms with Crippen molar-refractivity contribution in [2.75, 3.05) is 19.5 Å². The number of amides is 1. The van der Waals surface area contributed by atoms with E-state index in [4.69, 9.17) is 18.9 Å². The highest BCUT2D eigenvalue weighted by Crippen LogP contribution is 2.38. The number of halogens is 1. The van der Waals surface area contributed by atoms with Crippen LogP contribution in [0.4, 0.5) is 14.9 Å². The van der Waals surface area contributed by atoms with Gasteiger partial charge in [0, 0.05) is 23.8 Å². The topological polar surface area (TPSA) is 118 Å². The number of pyridine rings is 1. The molecule has 0 bridgehead atoms. The molecule has 12 heteroatoms. The van der Waals surface area contributed by atoms with Gasteiger partial charge in [-0.15, -0.1) is 11.3 Å². The van der Waals surface area contributed by atoms with Crippen molar-refractivity contribution in [1.82, 2.24) is 19.9 Å². The summed E-state index contributed by atoms with van der Waals surface area (Å²) in [5.74, 6) is 0.396. The molecule has 1 aliphatic rings. The molecule has 1 amide bonds. The molecule has 3 aromatic heterocycles. The standard InChI is InChI=1S/C28H24FN5O5S/c1-14-8-16(26-19(9-14)33-25(37-3)13-31-26)27-34-18-10-17(29)22(11-23(18)40-27)38-20-5-6-21(20)39-28(35)32-15-4-7-24(36-2)30-12-15/h4,7-13,20-21H,5-6H2,1-3H3,(H,32,35). The van der Waals surface area contributed by atoms with E-state index in [0.29, 0.717) is 51.8 Å². The van der Waals surface area contributed by atoms with E-state index in [2.05, 4.69) is 25.3 Å². The van der Waals surface area contributed by atoms with Gasteiger partial charge in [0.2, 0.25) is 11.8 Å². The maximum Gasteiger partial charge on any atom is 0.412 e. The quantitative estimate of drug-likeness (QED) is 0.258. The van der Waals surface area contributed by atoms with Gasteiger partial charge < -0.3 is 18.9 Å². The monoisotopic (exact) mass is 561 g/mol. The second-order valence-electron chi connectivity index (χ2n) is 9.25. The van der Waals surface area contributed by atoms with Gasteiger partial charge in [0.15, 0.2) is 11.6 Å². The highest BCUT2D eigenvalue weighted by atomic mass is 32.1. The SMILES string of the molecule is COc1ccc(NC(=O)OC2CCC2Oc2cc3sc(-c4cc(C)cc5nc(OC)cnc45)nc3cc2F)cn1. The van der Waals surface area contributed by atoms with E-state index in [1.54, 1.807) is 31.5 Å². The van der Waals surface area contributed by atoms with Crippen LogP contribution in [0, 0.1) is 12.7 Å². The lowest BCUT2D eigenvalue weighted by Gasteiger charge is -2.35. The molecule has 2 unspecified atom stereocenters. The molecule has 5 aromatic rings. The normalized spacial score (nSPS) is 16.4. The summed E-state index contributed by atoms with van der Waals surface area (Å²) >= 11 is 1.41. The van der Waals surface area contributed by atoms with E-state index in [-0.39, 0.29) is 5.75 Å². The van der Waals surface area contributed by atoms with Gasteiger partial charge in [0.1, 0.15) is 17.2 Å². The molecular formula is C28H24FN5O5S. The molecule has 1 saturated carbocycles. The van der Waals surface area contributed by atoms with Crippen LogP contribution >= 0.6 is 11.3 Å². The number of thiazole rings is 1. The number of hydrogen-bond donors (Lipinski definition) is 1. The molecule has 0 aliphatic heterocycles. The average molecular weight is 562 g/mol. The minimum absolute atomic E-state index is 0.0828. The van der Waals surface area contributed by atoms with Crippen LogP contribution in [0.25, 0.3) is 31.8 Å². The zero-order valence-electron chi connectivity index (χ0n) is 21.8. The number of fused-ring (bicyclic) bond motifs is 2. The van der Waals surface area contributed by atoms with Crippen molar-refractivity contribution in [2.24, 2.45) is 0 Å². The first kappa shape index (κ1) is 25.7. The van der Waals surface area contributed by atoms with Crippen LogP contribution in [-0.4, -0.2) is 52.5 Å². The predicted octanol–water partition coefficient (Wildman–Crippen LogP) is 5.92. The Balaban J connectivity index is 1.19. The number of carbonyl (C=O) groups is 1. The second kappa shape index (κ2) is 10.5. The molecule has 204 valence electrons. The van der Waals surface area contributed by atoms with Crippen LogP contribution in [0.2, 0.25) is 0 Å². The highest BCUT2D eigenvalue weighted by molar-refractivity contribution is 7.21. The Hall–Kier alpha value is -4.58.